The molecule has 0 spiro atoms. The maximum atomic E-state index is 13.5. The molecule has 5 nitrogen and oxygen atoms in total. The Hall–Kier alpha value is -1.91. The molecule has 0 aromatic heterocycles. The van der Waals surface area contributed by atoms with Gasteiger partial charge in [0, 0.05) is 25.8 Å². The molecule has 2 saturated carbocycles. The molecule has 160 valence electrons. The zero-order chi connectivity index (χ0) is 21.7. The highest BCUT2D eigenvalue weighted by Gasteiger charge is 2.53. The molecule has 0 amide bonds. The summed E-state index contributed by atoms with van der Waals surface area (Å²) in [4.78, 5) is 36.8. The van der Waals surface area contributed by atoms with Gasteiger partial charge in [-0.1, -0.05) is 27.4 Å². The molecule has 2 fully saturated rings. The van der Waals surface area contributed by atoms with Crippen molar-refractivity contribution in [2.75, 3.05) is 0 Å². The number of carbonyl (C=O) groups is 3. The SMILES string of the molecule is C=C1[C@@H](OC(C)=O)CC[C@@]2(C)CC(=O)C3=C(C)[C@@H](OC(C)=O)CC(C[C@H]12)C3(C)C. The third-order valence-electron chi connectivity index (χ3n) is 7.70. The van der Waals surface area contributed by atoms with Gasteiger partial charge in [0.2, 0.25) is 0 Å². The molecule has 3 aliphatic rings. The first-order valence-corrected chi connectivity index (χ1v) is 10.6. The second-order valence-corrected chi connectivity index (χ2v) is 10.1. The minimum absolute atomic E-state index is 0.0896. The Bertz CT molecular complexity index is 789. The lowest BCUT2D eigenvalue weighted by atomic mass is 9.52. The smallest absolute Gasteiger partial charge is 0.303 e. The minimum atomic E-state index is -0.352. The zero-order valence-corrected chi connectivity index (χ0v) is 18.6. The Labute approximate surface area is 173 Å². The summed E-state index contributed by atoms with van der Waals surface area (Å²) >= 11 is 0. The van der Waals surface area contributed by atoms with Crippen molar-refractivity contribution in [2.45, 2.75) is 85.9 Å². The summed E-state index contributed by atoms with van der Waals surface area (Å²) in [6, 6.07) is 0. The molecule has 0 aromatic rings. The van der Waals surface area contributed by atoms with Crippen LogP contribution in [0.3, 0.4) is 0 Å². The monoisotopic (exact) mass is 402 g/mol. The number of ether oxygens (including phenoxy) is 2. The van der Waals surface area contributed by atoms with Crippen LogP contribution in [0.1, 0.15) is 73.6 Å². The number of fused-ring (bicyclic) bond motifs is 3. The van der Waals surface area contributed by atoms with E-state index < -0.39 is 0 Å². The van der Waals surface area contributed by atoms with Gasteiger partial charge in [-0.2, -0.15) is 0 Å². The molecule has 0 aliphatic heterocycles. The molecule has 0 N–H and O–H groups in total. The van der Waals surface area contributed by atoms with Gasteiger partial charge in [-0.15, -0.1) is 0 Å². The van der Waals surface area contributed by atoms with Gasteiger partial charge in [-0.25, -0.2) is 0 Å². The van der Waals surface area contributed by atoms with Gasteiger partial charge in [-0.05, 0) is 66.4 Å². The Morgan fingerprint density at radius 1 is 1.03 bits per heavy atom. The number of hydrogen-bond acceptors (Lipinski definition) is 5. The number of allylic oxidation sites excluding steroid dienone is 1. The van der Waals surface area contributed by atoms with E-state index >= 15 is 0 Å². The van der Waals surface area contributed by atoms with Gasteiger partial charge >= 0.3 is 11.9 Å². The van der Waals surface area contributed by atoms with Gasteiger partial charge in [0.05, 0.1) is 0 Å². The van der Waals surface area contributed by atoms with Crippen LogP contribution in [0.5, 0.6) is 0 Å². The van der Waals surface area contributed by atoms with Crippen molar-refractivity contribution in [3.05, 3.63) is 23.3 Å². The maximum Gasteiger partial charge on any atom is 0.303 e. The summed E-state index contributed by atoms with van der Waals surface area (Å²) in [5.74, 6) is -0.201. The largest absolute Gasteiger partial charge is 0.458 e. The van der Waals surface area contributed by atoms with Gasteiger partial charge in [0.25, 0.3) is 0 Å². The van der Waals surface area contributed by atoms with Crippen LogP contribution in [-0.4, -0.2) is 29.9 Å². The first kappa shape index (κ1) is 21.8. The fraction of sp³-hybridized carbons (Fsp3) is 0.708. The van der Waals surface area contributed by atoms with Crippen LogP contribution in [0.25, 0.3) is 0 Å². The van der Waals surface area contributed by atoms with Crippen LogP contribution in [0.15, 0.2) is 23.3 Å². The summed E-state index contributed by atoms with van der Waals surface area (Å²) in [5.41, 5.74) is 2.18. The summed E-state index contributed by atoms with van der Waals surface area (Å²) in [6.07, 6.45) is 2.89. The van der Waals surface area contributed by atoms with Crippen LogP contribution in [0.4, 0.5) is 0 Å². The Balaban J connectivity index is 2.03. The molecule has 0 aromatic carbocycles. The summed E-state index contributed by atoms with van der Waals surface area (Å²) in [6.45, 7) is 15.6. The molecule has 0 radical (unpaired) electrons. The molecule has 5 heteroatoms. The molecule has 5 atom stereocenters. The minimum Gasteiger partial charge on any atom is -0.458 e. The van der Waals surface area contributed by atoms with Crippen molar-refractivity contribution in [1.82, 2.24) is 0 Å². The van der Waals surface area contributed by atoms with E-state index in [-0.39, 0.29) is 52.6 Å². The van der Waals surface area contributed by atoms with E-state index in [9.17, 15) is 14.4 Å². The van der Waals surface area contributed by atoms with Crippen molar-refractivity contribution >= 4 is 17.7 Å². The number of rotatable bonds is 2. The predicted octanol–water partition coefficient (Wildman–Crippen LogP) is 4.55. The van der Waals surface area contributed by atoms with E-state index in [1.54, 1.807) is 0 Å². The molecule has 3 rings (SSSR count). The van der Waals surface area contributed by atoms with Crippen LogP contribution < -0.4 is 0 Å². The van der Waals surface area contributed by atoms with Gasteiger partial charge < -0.3 is 9.47 Å². The number of Topliss-reactive ketones (excluding diaryl/α,β-unsaturated/α-hetero) is 1. The van der Waals surface area contributed by atoms with Crippen LogP contribution in [0.2, 0.25) is 0 Å². The topological polar surface area (TPSA) is 69.7 Å². The average Bonchev–Trinajstić information content (AvgIpc) is 2.56. The standard InChI is InChI=1S/C24H34O5/c1-13-18-10-17-11-21(29-16(4)26)14(2)22(23(17,5)6)19(27)12-24(18,7)9-8-20(13)28-15(3)25/h17-18,20-21H,1,8-12H2,2-7H3/t17?,18-,20+,21+,24+/m1/s1. The predicted molar refractivity (Wildman–Crippen MR) is 110 cm³/mol. The van der Waals surface area contributed by atoms with Gasteiger partial charge in [0.15, 0.2) is 5.78 Å². The fourth-order valence-electron chi connectivity index (χ4n) is 6.12. The third-order valence-corrected chi connectivity index (χ3v) is 7.70. The Morgan fingerprint density at radius 2 is 1.62 bits per heavy atom. The highest BCUT2D eigenvalue weighted by atomic mass is 16.5. The zero-order valence-electron chi connectivity index (χ0n) is 18.6. The van der Waals surface area contributed by atoms with Crippen LogP contribution in [-0.2, 0) is 23.9 Å². The van der Waals surface area contributed by atoms with E-state index in [1.807, 2.05) is 6.92 Å². The van der Waals surface area contributed by atoms with E-state index in [4.69, 9.17) is 9.47 Å². The second-order valence-electron chi connectivity index (χ2n) is 10.1. The average molecular weight is 403 g/mol. The van der Waals surface area contributed by atoms with E-state index in [2.05, 4.69) is 27.4 Å². The van der Waals surface area contributed by atoms with Gasteiger partial charge in [0.1, 0.15) is 12.2 Å². The molecule has 29 heavy (non-hydrogen) atoms. The molecule has 3 aliphatic carbocycles. The Morgan fingerprint density at radius 3 is 2.21 bits per heavy atom. The fourth-order valence-corrected chi connectivity index (χ4v) is 6.12. The highest BCUT2D eigenvalue weighted by Crippen LogP contribution is 2.58. The molecule has 1 unspecified atom stereocenters. The normalized spacial score (nSPS) is 36.6. The van der Waals surface area contributed by atoms with Crippen molar-refractivity contribution in [2.24, 2.45) is 22.7 Å². The summed E-state index contributed by atoms with van der Waals surface area (Å²) in [5, 5.41) is 0. The maximum absolute atomic E-state index is 13.5. The van der Waals surface area contributed by atoms with Crippen LogP contribution >= 0.6 is 0 Å². The van der Waals surface area contributed by atoms with Gasteiger partial charge in [-0.3, -0.25) is 14.4 Å². The molecule has 0 saturated heterocycles. The number of carbonyl (C=O) groups excluding carboxylic acids is 3. The first-order chi connectivity index (χ1) is 13.4. The molecule has 2 bridgehead atoms. The number of hydrogen-bond donors (Lipinski definition) is 0. The summed E-state index contributed by atoms with van der Waals surface area (Å²) in [7, 11) is 0. The quantitative estimate of drug-likeness (QED) is 0.501. The van der Waals surface area contributed by atoms with E-state index in [0.29, 0.717) is 19.3 Å². The van der Waals surface area contributed by atoms with Crippen molar-refractivity contribution in [3.63, 3.8) is 0 Å². The lowest BCUT2D eigenvalue weighted by Gasteiger charge is -2.53. The highest BCUT2D eigenvalue weighted by molar-refractivity contribution is 5.98. The van der Waals surface area contributed by atoms with Crippen molar-refractivity contribution in [1.29, 1.82) is 0 Å². The first-order valence-electron chi connectivity index (χ1n) is 10.6. The van der Waals surface area contributed by atoms with Crippen molar-refractivity contribution in [3.8, 4) is 0 Å². The Kier molecular flexibility index (Phi) is 5.57. The molecule has 0 heterocycles. The van der Waals surface area contributed by atoms with Crippen molar-refractivity contribution < 1.29 is 23.9 Å². The van der Waals surface area contributed by atoms with Crippen LogP contribution in [0, 0.1) is 22.7 Å². The third kappa shape index (κ3) is 3.80. The number of ketones is 1. The van der Waals surface area contributed by atoms with E-state index in [1.165, 1.54) is 13.8 Å². The molecular formula is C24H34O5. The number of esters is 2. The second kappa shape index (κ2) is 7.41. The molecular weight excluding hydrogens is 368 g/mol. The lowest BCUT2D eigenvalue weighted by Crippen LogP contribution is -2.49. The lowest BCUT2D eigenvalue weighted by molar-refractivity contribution is -0.148. The summed E-state index contributed by atoms with van der Waals surface area (Å²) < 4.78 is 11.1. The van der Waals surface area contributed by atoms with E-state index in [0.717, 1.165) is 29.6 Å².